The third-order valence-electron chi connectivity index (χ3n) is 2.34. The van der Waals surface area contributed by atoms with Crippen LogP contribution in [0.15, 0.2) is 42.6 Å². The molecule has 0 aliphatic rings. The van der Waals surface area contributed by atoms with Crippen molar-refractivity contribution in [3.63, 3.8) is 0 Å². The summed E-state index contributed by atoms with van der Waals surface area (Å²) < 4.78 is 6.78. The van der Waals surface area contributed by atoms with Crippen LogP contribution in [0.25, 0.3) is 0 Å². The maximum Gasteiger partial charge on any atom is 0.219 e. The molecule has 3 nitrogen and oxygen atoms in total. The van der Waals surface area contributed by atoms with Gasteiger partial charge in [-0.15, -0.1) is 0 Å². The van der Waals surface area contributed by atoms with Crippen LogP contribution in [-0.4, -0.2) is 4.98 Å². The highest BCUT2D eigenvalue weighted by Gasteiger charge is 2.05. The molecule has 88 valence electrons. The molecule has 0 aliphatic heterocycles. The molecule has 0 radical (unpaired) electrons. The summed E-state index contributed by atoms with van der Waals surface area (Å²) in [5.41, 5.74) is 6.84. The zero-order chi connectivity index (χ0) is 12.3. The van der Waals surface area contributed by atoms with Crippen LogP contribution in [0, 0.1) is 3.57 Å². The summed E-state index contributed by atoms with van der Waals surface area (Å²) in [6.07, 6.45) is 1.71. The van der Waals surface area contributed by atoms with Crippen LogP contribution in [0.4, 0.5) is 0 Å². The Morgan fingerprint density at radius 3 is 2.76 bits per heavy atom. The van der Waals surface area contributed by atoms with E-state index in [1.807, 2.05) is 43.3 Å². The predicted molar refractivity (Wildman–Crippen MR) is 76.1 cm³/mol. The molecule has 1 atom stereocenters. The lowest BCUT2D eigenvalue weighted by Crippen LogP contribution is -2.05. The maximum absolute atomic E-state index is 5.82. The van der Waals surface area contributed by atoms with E-state index < -0.39 is 0 Å². The van der Waals surface area contributed by atoms with E-state index in [4.69, 9.17) is 10.5 Å². The van der Waals surface area contributed by atoms with Crippen molar-refractivity contribution >= 4 is 22.6 Å². The fourth-order valence-electron chi connectivity index (χ4n) is 1.40. The first kappa shape index (κ1) is 12.3. The topological polar surface area (TPSA) is 48.1 Å². The Hall–Kier alpha value is -1.14. The minimum Gasteiger partial charge on any atom is -0.438 e. The van der Waals surface area contributed by atoms with Crippen molar-refractivity contribution in [1.29, 1.82) is 0 Å². The maximum atomic E-state index is 5.82. The summed E-state index contributed by atoms with van der Waals surface area (Å²) in [6, 6.07) is 11.6. The zero-order valence-electron chi connectivity index (χ0n) is 9.43. The lowest BCUT2D eigenvalue weighted by molar-refractivity contribution is 0.458. The van der Waals surface area contributed by atoms with Gasteiger partial charge in [0.05, 0.1) is 3.57 Å². The van der Waals surface area contributed by atoms with Gasteiger partial charge < -0.3 is 10.5 Å². The summed E-state index contributed by atoms with van der Waals surface area (Å²) in [6.45, 7) is 1.94. The van der Waals surface area contributed by atoms with Gasteiger partial charge in [0.25, 0.3) is 0 Å². The minimum atomic E-state index is -0.0183. The lowest BCUT2D eigenvalue weighted by atomic mass is 10.1. The number of pyridine rings is 1. The summed E-state index contributed by atoms with van der Waals surface area (Å²) in [5.74, 6) is 1.38. The molecule has 0 aliphatic carbocycles. The molecule has 2 N–H and O–H groups in total. The van der Waals surface area contributed by atoms with E-state index in [9.17, 15) is 0 Å². The second kappa shape index (κ2) is 5.46. The van der Waals surface area contributed by atoms with Gasteiger partial charge in [-0.2, -0.15) is 0 Å². The Labute approximate surface area is 114 Å². The molecule has 0 spiro atoms. The number of rotatable bonds is 3. The van der Waals surface area contributed by atoms with Gasteiger partial charge in [0.1, 0.15) is 5.75 Å². The summed E-state index contributed by atoms with van der Waals surface area (Å²) >= 11 is 2.23. The average molecular weight is 340 g/mol. The molecule has 1 aromatic carbocycles. The van der Waals surface area contributed by atoms with Crippen molar-refractivity contribution in [2.24, 2.45) is 5.73 Å². The van der Waals surface area contributed by atoms with Crippen LogP contribution in [0.3, 0.4) is 0 Å². The third kappa shape index (κ3) is 3.17. The van der Waals surface area contributed by atoms with E-state index in [1.54, 1.807) is 6.20 Å². The second-order valence-corrected chi connectivity index (χ2v) is 4.91. The number of halogens is 1. The quantitative estimate of drug-likeness (QED) is 0.870. The smallest absolute Gasteiger partial charge is 0.219 e. The first-order chi connectivity index (χ1) is 8.16. The zero-order valence-corrected chi connectivity index (χ0v) is 11.6. The number of nitrogens with zero attached hydrogens (tertiary/aromatic N) is 1. The highest BCUT2D eigenvalue weighted by atomic mass is 127. The van der Waals surface area contributed by atoms with Crippen molar-refractivity contribution < 1.29 is 4.74 Å². The minimum absolute atomic E-state index is 0.0183. The van der Waals surface area contributed by atoms with Gasteiger partial charge in [-0.05, 0) is 53.3 Å². The molecular weight excluding hydrogens is 327 g/mol. The van der Waals surface area contributed by atoms with E-state index in [0.29, 0.717) is 5.88 Å². The molecule has 0 bridgehead atoms. The van der Waals surface area contributed by atoms with Crippen molar-refractivity contribution in [2.75, 3.05) is 0 Å². The van der Waals surface area contributed by atoms with Gasteiger partial charge >= 0.3 is 0 Å². The van der Waals surface area contributed by atoms with Gasteiger partial charge in [0.2, 0.25) is 5.88 Å². The monoisotopic (exact) mass is 340 g/mol. The lowest BCUT2D eigenvalue weighted by Gasteiger charge is -2.09. The number of aromatic nitrogens is 1. The van der Waals surface area contributed by atoms with Crippen LogP contribution < -0.4 is 10.5 Å². The number of benzene rings is 1. The molecule has 1 aromatic heterocycles. The SMILES string of the molecule is CC(N)c1ccnc(Oc2ccccc2I)c1. The Morgan fingerprint density at radius 1 is 1.29 bits per heavy atom. The molecule has 1 unspecified atom stereocenters. The number of para-hydroxylation sites is 1. The third-order valence-corrected chi connectivity index (χ3v) is 3.23. The van der Waals surface area contributed by atoms with Gasteiger partial charge in [-0.25, -0.2) is 4.98 Å². The molecule has 0 saturated heterocycles. The van der Waals surface area contributed by atoms with Crippen molar-refractivity contribution in [2.45, 2.75) is 13.0 Å². The molecule has 2 rings (SSSR count). The number of nitrogens with two attached hydrogens (primary N) is 1. The largest absolute Gasteiger partial charge is 0.438 e. The molecule has 2 aromatic rings. The Bertz CT molecular complexity index is 514. The molecular formula is C13H13IN2O. The Balaban J connectivity index is 2.25. The average Bonchev–Trinajstić information content (AvgIpc) is 2.32. The van der Waals surface area contributed by atoms with Gasteiger partial charge in [0.15, 0.2) is 0 Å². The van der Waals surface area contributed by atoms with E-state index in [-0.39, 0.29) is 6.04 Å². The summed E-state index contributed by atoms with van der Waals surface area (Å²) in [7, 11) is 0. The van der Waals surface area contributed by atoms with Gasteiger partial charge in [-0.1, -0.05) is 12.1 Å². The number of hydrogen-bond donors (Lipinski definition) is 1. The summed E-state index contributed by atoms with van der Waals surface area (Å²) in [5, 5.41) is 0. The molecule has 0 fully saturated rings. The molecule has 0 amide bonds. The van der Waals surface area contributed by atoms with E-state index in [2.05, 4.69) is 27.6 Å². The highest BCUT2D eigenvalue weighted by molar-refractivity contribution is 14.1. The van der Waals surface area contributed by atoms with Gasteiger partial charge in [0, 0.05) is 18.3 Å². The highest BCUT2D eigenvalue weighted by Crippen LogP contribution is 2.26. The van der Waals surface area contributed by atoms with Crippen molar-refractivity contribution in [3.05, 3.63) is 51.7 Å². The summed E-state index contributed by atoms with van der Waals surface area (Å²) in [4.78, 5) is 4.18. The predicted octanol–water partition coefficient (Wildman–Crippen LogP) is 3.50. The van der Waals surface area contributed by atoms with E-state index in [1.165, 1.54) is 0 Å². The fourth-order valence-corrected chi connectivity index (χ4v) is 1.90. The van der Waals surface area contributed by atoms with Crippen LogP contribution in [0.5, 0.6) is 11.6 Å². The standard InChI is InChI=1S/C13H13IN2O/c1-9(15)10-6-7-16-13(8-10)17-12-5-3-2-4-11(12)14/h2-9H,15H2,1H3. The first-order valence-corrected chi connectivity index (χ1v) is 6.38. The Morgan fingerprint density at radius 2 is 2.06 bits per heavy atom. The van der Waals surface area contributed by atoms with Crippen LogP contribution in [-0.2, 0) is 0 Å². The molecule has 17 heavy (non-hydrogen) atoms. The van der Waals surface area contributed by atoms with E-state index in [0.717, 1.165) is 14.9 Å². The Kier molecular flexibility index (Phi) is 3.96. The number of hydrogen-bond acceptors (Lipinski definition) is 3. The van der Waals surface area contributed by atoms with Crippen molar-refractivity contribution in [1.82, 2.24) is 4.98 Å². The molecule has 0 saturated carbocycles. The fraction of sp³-hybridized carbons (Fsp3) is 0.154. The first-order valence-electron chi connectivity index (χ1n) is 5.31. The molecule has 1 heterocycles. The van der Waals surface area contributed by atoms with Crippen LogP contribution >= 0.6 is 22.6 Å². The van der Waals surface area contributed by atoms with Gasteiger partial charge in [-0.3, -0.25) is 0 Å². The van der Waals surface area contributed by atoms with Crippen molar-refractivity contribution in [3.8, 4) is 11.6 Å². The normalized spacial score (nSPS) is 12.2. The van der Waals surface area contributed by atoms with E-state index >= 15 is 0 Å². The molecule has 4 heteroatoms. The van der Waals surface area contributed by atoms with Crippen LogP contribution in [0.1, 0.15) is 18.5 Å². The second-order valence-electron chi connectivity index (χ2n) is 3.75. The van der Waals surface area contributed by atoms with Crippen LogP contribution in [0.2, 0.25) is 0 Å². The number of ether oxygens (including phenoxy) is 1.